The molecule has 0 aliphatic heterocycles. The van der Waals surface area contributed by atoms with Crippen LogP contribution in [-0.2, 0) is 6.42 Å². The second-order valence-corrected chi connectivity index (χ2v) is 4.27. The fraction of sp³-hybridized carbons (Fsp3) is 0.286. The van der Waals surface area contributed by atoms with Gasteiger partial charge in [-0.2, -0.15) is 0 Å². The maximum Gasteiger partial charge on any atom is 0.137 e. The lowest BCUT2D eigenvalue weighted by molar-refractivity contribution is 0.410. The molecule has 2 aromatic heterocycles. The molecule has 0 saturated carbocycles. The summed E-state index contributed by atoms with van der Waals surface area (Å²) < 4.78 is 5.17. The lowest BCUT2D eigenvalue weighted by atomic mass is 10.0. The van der Waals surface area contributed by atoms with Gasteiger partial charge in [0, 0.05) is 24.6 Å². The molecule has 1 atom stereocenters. The molecule has 1 unspecified atom stereocenters. The molecule has 0 radical (unpaired) electrons. The van der Waals surface area contributed by atoms with Crippen LogP contribution >= 0.6 is 0 Å². The normalized spacial score (nSPS) is 12.1. The monoisotopic (exact) mass is 258 g/mol. The van der Waals surface area contributed by atoms with Crippen LogP contribution in [0.3, 0.4) is 0 Å². The number of aromatic nitrogens is 2. The highest BCUT2D eigenvalue weighted by Crippen LogP contribution is 2.21. The number of hydrogen-bond acceptors (Lipinski definition) is 5. The maximum absolute atomic E-state index is 5.63. The molecule has 0 spiro atoms. The Labute approximate surface area is 112 Å². The molecule has 0 aliphatic carbocycles. The first-order valence-corrected chi connectivity index (χ1v) is 6.17. The standard InChI is InChI=1S/C14H18N4O/c1-19-13-8-12(9-17-10-13)14(18-15)3-2-11-4-6-16-7-5-11/h4-10,14,18H,2-3,15H2,1H3. The van der Waals surface area contributed by atoms with Gasteiger partial charge in [-0.25, -0.2) is 0 Å². The van der Waals surface area contributed by atoms with E-state index in [0.29, 0.717) is 0 Å². The third-order valence-corrected chi connectivity index (χ3v) is 3.04. The SMILES string of the molecule is COc1cncc(C(CCc2ccncc2)NN)c1. The number of ether oxygens (including phenoxy) is 1. The van der Waals surface area contributed by atoms with Crippen molar-refractivity contribution in [3.8, 4) is 5.75 Å². The second kappa shape index (κ2) is 6.82. The average Bonchev–Trinajstić information content (AvgIpc) is 2.49. The second-order valence-electron chi connectivity index (χ2n) is 4.27. The zero-order chi connectivity index (χ0) is 13.5. The molecule has 0 aliphatic rings. The van der Waals surface area contributed by atoms with E-state index in [4.69, 9.17) is 10.6 Å². The molecule has 2 heterocycles. The Bertz CT molecular complexity index is 504. The minimum absolute atomic E-state index is 0.0516. The quantitative estimate of drug-likeness (QED) is 0.608. The number of pyridine rings is 2. The fourth-order valence-electron chi connectivity index (χ4n) is 1.94. The number of aryl methyl sites for hydroxylation is 1. The molecule has 0 aromatic carbocycles. The highest BCUT2D eigenvalue weighted by atomic mass is 16.5. The lowest BCUT2D eigenvalue weighted by Crippen LogP contribution is -2.28. The summed E-state index contributed by atoms with van der Waals surface area (Å²) in [5, 5.41) is 0. The fourth-order valence-corrected chi connectivity index (χ4v) is 1.94. The van der Waals surface area contributed by atoms with E-state index in [-0.39, 0.29) is 6.04 Å². The van der Waals surface area contributed by atoms with Gasteiger partial charge in [0.15, 0.2) is 0 Å². The maximum atomic E-state index is 5.63. The Morgan fingerprint density at radius 1 is 1.26 bits per heavy atom. The van der Waals surface area contributed by atoms with Gasteiger partial charge in [0.05, 0.1) is 13.3 Å². The number of hydrazine groups is 1. The molecule has 0 amide bonds. The molecular formula is C14H18N4O. The van der Waals surface area contributed by atoms with Crippen LogP contribution in [0.2, 0.25) is 0 Å². The number of nitrogens with one attached hydrogen (secondary N) is 1. The third kappa shape index (κ3) is 3.74. The largest absolute Gasteiger partial charge is 0.495 e. The smallest absolute Gasteiger partial charge is 0.137 e. The molecule has 2 rings (SSSR count). The summed E-state index contributed by atoms with van der Waals surface area (Å²) in [4.78, 5) is 8.16. The van der Waals surface area contributed by atoms with Crippen LogP contribution < -0.4 is 16.0 Å². The number of rotatable bonds is 6. The molecule has 5 nitrogen and oxygen atoms in total. The van der Waals surface area contributed by atoms with Crippen molar-refractivity contribution in [2.24, 2.45) is 5.84 Å². The van der Waals surface area contributed by atoms with E-state index >= 15 is 0 Å². The van der Waals surface area contributed by atoms with Gasteiger partial charge in [-0.3, -0.25) is 21.2 Å². The molecule has 3 N–H and O–H groups in total. The van der Waals surface area contributed by atoms with Gasteiger partial charge in [0.1, 0.15) is 5.75 Å². The van der Waals surface area contributed by atoms with Crippen LogP contribution in [0, 0.1) is 0 Å². The summed E-state index contributed by atoms with van der Waals surface area (Å²) in [5.74, 6) is 6.37. The molecule has 5 heteroatoms. The van der Waals surface area contributed by atoms with Gasteiger partial charge < -0.3 is 4.74 Å². The zero-order valence-electron chi connectivity index (χ0n) is 10.9. The molecular weight excluding hydrogens is 240 g/mol. The van der Waals surface area contributed by atoms with Crippen molar-refractivity contribution in [2.45, 2.75) is 18.9 Å². The first kappa shape index (κ1) is 13.5. The van der Waals surface area contributed by atoms with Crippen LogP contribution in [0.1, 0.15) is 23.6 Å². The van der Waals surface area contributed by atoms with Crippen LogP contribution in [0.4, 0.5) is 0 Å². The highest BCUT2D eigenvalue weighted by molar-refractivity contribution is 5.26. The van der Waals surface area contributed by atoms with E-state index in [2.05, 4.69) is 15.4 Å². The van der Waals surface area contributed by atoms with Gasteiger partial charge in [0.2, 0.25) is 0 Å². The van der Waals surface area contributed by atoms with Crippen molar-refractivity contribution in [1.29, 1.82) is 0 Å². The summed E-state index contributed by atoms with van der Waals surface area (Å²) in [6, 6.07) is 6.02. The Kier molecular flexibility index (Phi) is 4.83. The summed E-state index contributed by atoms with van der Waals surface area (Å²) >= 11 is 0. The zero-order valence-corrected chi connectivity index (χ0v) is 10.9. The Hall–Kier alpha value is -1.98. The van der Waals surface area contributed by atoms with Crippen molar-refractivity contribution in [1.82, 2.24) is 15.4 Å². The minimum atomic E-state index is 0.0516. The molecule has 100 valence electrons. The number of nitrogens with two attached hydrogens (primary N) is 1. The first-order valence-electron chi connectivity index (χ1n) is 6.17. The number of nitrogens with zero attached hydrogens (tertiary/aromatic N) is 2. The summed E-state index contributed by atoms with van der Waals surface area (Å²) in [7, 11) is 1.63. The van der Waals surface area contributed by atoms with Gasteiger partial charge in [0.25, 0.3) is 0 Å². The van der Waals surface area contributed by atoms with Crippen LogP contribution in [-0.4, -0.2) is 17.1 Å². The van der Waals surface area contributed by atoms with Crippen molar-refractivity contribution in [2.75, 3.05) is 7.11 Å². The third-order valence-electron chi connectivity index (χ3n) is 3.04. The molecule has 2 aromatic rings. The molecule has 19 heavy (non-hydrogen) atoms. The van der Waals surface area contributed by atoms with E-state index in [1.54, 1.807) is 31.9 Å². The van der Waals surface area contributed by atoms with Gasteiger partial charge >= 0.3 is 0 Å². The molecule has 0 fully saturated rings. The van der Waals surface area contributed by atoms with Crippen LogP contribution in [0.25, 0.3) is 0 Å². The van der Waals surface area contributed by atoms with Gasteiger partial charge in [-0.1, -0.05) is 0 Å². The van der Waals surface area contributed by atoms with Crippen molar-refractivity contribution in [3.63, 3.8) is 0 Å². The van der Waals surface area contributed by atoms with E-state index in [0.717, 1.165) is 24.2 Å². The Morgan fingerprint density at radius 2 is 2.05 bits per heavy atom. The van der Waals surface area contributed by atoms with Gasteiger partial charge in [-0.05, 0) is 42.2 Å². The predicted octanol–water partition coefficient (Wildman–Crippen LogP) is 1.62. The van der Waals surface area contributed by atoms with E-state index in [9.17, 15) is 0 Å². The van der Waals surface area contributed by atoms with E-state index in [1.165, 1.54) is 5.56 Å². The Balaban J connectivity index is 2.03. The summed E-state index contributed by atoms with van der Waals surface area (Å²) in [6.45, 7) is 0. The topological polar surface area (TPSA) is 73.1 Å². The highest BCUT2D eigenvalue weighted by Gasteiger charge is 2.11. The summed E-state index contributed by atoms with van der Waals surface area (Å²) in [5.41, 5.74) is 5.09. The first-order chi connectivity index (χ1) is 9.33. The molecule has 0 saturated heterocycles. The summed E-state index contributed by atoms with van der Waals surface area (Å²) in [6.07, 6.45) is 8.89. The van der Waals surface area contributed by atoms with Crippen LogP contribution in [0.15, 0.2) is 43.0 Å². The number of hydrogen-bond donors (Lipinski definition) is 2. The van der Waals surface area contributed by atoms with E-state index in [1.807, 2.05) is 18.2 Å². The van der Waals surface area contributed by atoms with Crippen molar-refractivity contribution >= 4 is 0 Å². The average molecular weight is 258 g/mol. The van der Waals surface area contributed by atoms with Crippen molar-refractivity contribution in [3.05, 3.63) is 54.1 Å². The van der Waals surface area contributed by atoms with Crippen molar-refractivity contribution < 1.29 is 4.74 Å². The molecule has 0 bridgehead atoms. The van der Waals surface area contributed by atoms with Gasteiger partial charge in [-0.15, -0.1) is 0 Å². The van der Waals surface area contributed by atoms with E-state index < -0.39 is 0 Å². The predicted molar refractivity (Wildman–Crippen MR) is 73.4 cm³/mol. The van der Waals surface area contributed by atoms with Crippen LogP contribution in [0.5, 0.6) is 5.75 Å². The number of methoxy groups -OCH3 is 1. The Morgan fingerprint density at radius 3 is 2.74 bits per heavy atom. The lowest BCUT2D eigenvalue weighted by Gasteiger charge is -2.16. The minimum Gasteiger partial charge on any atom is -0.495 e.